The van der Waals surface area contributed by atoms with Gasteiger partial charge in [0, 0.05) is 17.4 Å². The van der Waals surface area contributed by atoms with Gasteiger partial charge in [-0.25, -0.2) is 4.39 Å². The van der Waals surface area contributed by atoms with Crippen LogP contribution in [0.1, 0.15) is 30.5 Å². The van der Waals surface area contributed by atoms with Gasteiger partial charge in [-0.3, -0.25) is 0 Å². The summed E-state index contributed by atoms with van der Waals surface area (Å²) in [5.41, 5.74) is 1.90. The minimum atomic E-state index is -0.192. The average Bonchev–Trinajstić information content (AvgIpc) is 2.54. The Bertz CT molecular complexity index is 397. The van der Waals surface area contributed by atoms with Crippen molar-refractivity contribution in [2.45, 2.75) is 25.1 Å². The Balaban J connectivity index is 2.42. The summed E-state index contributed by atoms with van der Waals surface area (Å²) in [5.74, 6) is 1.96. The second-order valence-electron chi connectivity index (χ2n) is 4.10. The van der Waals surface area contributed by atoms with E-state index in [1.807, 2.05) is 6.07 Å². The van der Waals surface area contributed by atoms with Crippen LogP contribution in [0.2, 0.25) is 0 Å². The lowest BCUT2D eigenvalue weighted by atomic mass is 9.98. The molecule has 0 spiro atoms. The summed E-state index contributed by atoms with van der Waals surface area (Å²) >= 11 is 1.79. The van der Waals surface area contributed by atoms with Crippen molar-refractivity contribution in [3.63, 3.8) is 0 Å². The predicted octanol–water partition coefficient (Wildman–Crippen LogP) is 3.12. The van der Waals surface area contributed by atoms with Crippen LogP contribution < -0.4 is 10.1 Å². The second kappa shape index (κ2) is 5.74. The lowest BCUT2D eigenvalue weighted by Gasteiger charge is -2.19. The molecule has 2 rings (SSSR count). The summed E-state index contributed by atoms with van der Waals surface area (Å²) in [6.07, 6.45) is 1.05. The highest BCUT2D eigenvalue weighted by Gasteiger charge is 2.22. The number of hydrogen-bond donors (Lipinski definition) is 1. The van der Waals surface area contributed by atoms with Crippen LogP contribution in [0, 0.1) is 5.82 Å². The normalized spacial score (nSPS) is 19.6. The van der Waals surface area contributed by atoms with Gasteiger partial charge in [-0.1, -0.05) is 13.0 Å². The van der Waals surface area contributed by atoms with Crippen LogP contribution in [0.3, 0.4) is 0 Å². The summed E-state index contributed by atoms with van der Waals surface area (Å²) in [5, 5.41) is 3.42. The van der Waals surface area contributed by atoms with Crippen LogP contribution in [0.5, 0.6) is 5.75 Å². The molecule has 4 heteroatoms. The van der Waals surface area contributed by atoms with E-state index in [4.69, 9.17) is 4.74 Å². The number of fused-ring (bicyclic) bond motifs is 1. The number of nitrogens with one attached hydrogen (secondary N) is 1. The van der Waals surface area contributed by atoms with E-state index < -0.39 is 0 Å². The van der Waals surface area contributed by atoms with E-state index in [9.17, 15) is 4.39 Å². The first-order valence-electron chi connectivity index (χ1n) is 5.94. The van der Waals surface area contributed by atoms with Crippen molar-refractivity contribution in [3.8, 4) is 5.75 Å². The molecule has 0 bridgehead atoms. The zero-order valence-corrected chi connectivity index (χ0v) is 11.1. The Kier molecular flexibility index (Phi) is 4.29. The summed E-state index contributed by atoms with van der Waals surface area (Å²) in [6.45, 7) is 2.99. The van der Waals surface area contributed by atoms with Crippen LogP contribution in [-0.4, -0.2) is 19.4 Å². The topological polar surface area (TPSA) is 21.3 Å². The van der Waals surface area contributed by atoms with E-state index >= 15 is 0 Å². The molecule has 1 aromatic carbocycles. The first-order valence-corrected chi connectivity index (χ1v) is 7.09. The van der Waals surface area contributed by atoms with Crippen LogP contribution >= 0.6 is 11.8 Å². The molecule has 17 heavy (non-hydrogen) atoms. The maximum atomic E-state index is 14.2. The molecule has 94 valence electrons. The Hall–Kier alpha value is -0.740. The van der Waals surface area contributed by atoms with E-state index in [1.165, 1.54) is 7.11 Å². The minimum Gasteiger partial charge on any atom is -0.494 e. The van der Waals surface area contributed by atoms with Gasteiger partial charge < -0.3 is 10.1 Å². The van der Waals surface area contributed by atoms with Gasteiger partial charge in [-0.05, 0) is 30.3 Å². The van der Waals surface area contributed by atoms with Gasteiger partial charge in [0.15, 0.2) is 11.6 Å². The standard InChI is InChI=1S/C13H18FNOS/c1-3-15-11-6-7-17-8-10-9(11)4-5-12(16-2)13(10)14/h4-5,11,15H,3,6-8H2,1-2H3. The SMILES string of the molecule is CCNC1CCSCc2c1ccc(OC)c2F. The van der Waals surface area contributed by atoms with Crippen molar-refractivity contribution in [1.82, 2.24) is 5.32 Å². The molecule has 0 aliphatic carbocycles. The van der Waals surface area contributed by atoms with E-state index in [0.717, 1.165) is 35.6 Å². The van der Waals surface area contributed by atoms with Crippen molar-refractivity contribution in [1.29, 1.82) is 0 Å². The lowest BCUT2D eigenvalue weighted by Crippen LogP contribution is -2.22. The molecule has 1 aliphatic heterocycles. The van der Waals surface area contributed by atoms with E-state index in [0.29, 0.717) is 5.75 Å². The van der Waals surface area contributed by atoms with Gasteiger partial charge in [0.25, 0.3) is 0 Å². The lowest BCUT2D eigenvalue weighted by molar-refractivity contribution is 0.383. The highest BCUT2D eigenvalue weighted by atomic mass is 32.2. The molecular weight excluding hydrogens is 237 g/mol. The molecule has 0 radical (unpaired) electrons. The number of ether oxygens (including phenoxy) is 1. The molecule has 1 aliphatic rings. The molecule has 1 unspecified atom stereocenters. The van der Waals surface area contributed by atoms with Crippen LogP contribution in [0.15, 0.2) is 12.1 Å². The fourth-order valence-electron chi connectivity index (χ4n) is 2.23. The van der Waals surface area contributed by atoms with Crippen molar-refractivity contribution in [3.05, 3.63) is 29.1 Å². The third-order valence-electron chi connectivity index (χ3n) is 3.09. The van der Waals surface area contributed by atoms with Crippen molar-refractivity contribution in [2.75, 3.05) is 19.4 Å². The maximum Gasteiger partial charge on any atom is 0.169 e. The summed E-state index contributed by atoms with van der Waals surface area (Å²) in [6, 6.07) is 4.00. The van der Waals surface area contributed by atoms with Crippen LogP contribution in [-0.2, 0) is 5.75 Å². The van der Waals surface area contributed by atoms with Crippen molar-refractivity contribution >= 4 is 11.8 Å². The van der Waals surface area contributed by atoms with E-state index in [2.05, 4.69) is 12.2 Å². The molecule has 1 aromatic rings. The highest BCUT2D eigenvalue weighted by Crippen LogP contribution is 2.35. The molecule has 0 saturated carbocycles. The monoisotopic (exact) mass is 255 g/mol. The maximum absolute atomic E-state index is 14.2. The Morgan fingerprint density at radius 2 is 2.35 bits per heavy atom. The molecule has 0 saturated heterocycles. The zero-order valence-electron chi connectivity index (χ0n) is 10.3. The first kappa shape index (κ1) is 12.7. The Morgan fingerprint density at radius 1 is 1.53 bits per heavy atom. The number of halogens is 1. The van der Waals surface area contributed by atoms with Gasteiger partial charge in [-0.2, -0.15) is 11.8 Å². The molecule has 0 amide bonds. The molecule has 2 nitrogen and oxygen atoms in total. The van der Waals surface area contributed by atoms with Crippen LogP contribution in [0.4, 0.5) is 4.39 Å². The Morgan fingerprint density at radius 3 is 3.06 bits per heavy atom. The van der Waals surface area contributed by atoms with Gasteiger partial charge in [0.05, 0.1) is 7.11 Å². The van der Waals surface area contributed by atoms with E-state index in [-0.39, 0.29) is 11.9 Å². The largest absolute Gasteiger partial charge is 0.494 e. The highest BCUT2D eigenvalue weighted by molar-refractivity contribution is 7.98. The van der Waals surface area contributed by atoms with Gasteiger partial charge in [0.2, 0.25) is 0 Å². The van der Waals surface area contributed by atoms with Gasteiger partial charge >= 0.3 is 0 Å². The summed E-state index contributed by atoms with van der Waals surface area (Å²) < 4.78 is 19.2. The number of benzene rings is 1. The van der Waals surface area contributed by atoms with Crippen molar-refractivity contribution in [2.24, 2.45) is 0 Å². The summed E-state index contributed by atoms with van der Waals surface area (Å²) in [7, 11) is 1.51. The van der Waals surface area contributed by atoms with Crippen LogP contribution in [0.25, 0.3) is 0 Å². The molecule has 1 atom stereocenters. The molecule has 0 aromatic heterocycles. The van der Waals surface area contributed by atoms with Gasteiger partial charge in [-0.15, -0.1) is 0 Å². The quantitative estimate of drug-likeness (QED) is 0.896. The molecule has 1 heterocycles. The minimum absolute atomic E-state index is 0.192. The molecule has 1 N–H and O–H groups in total. The summed E-state index contributed by atoms with van der Waals surface area (Å²) in [4.78, 5) is 0. The number of thioether (sulfide) groups is 1. The van der Waals surface area contributed by atoms with E-state index in [1.54, 1.807) is 17.8 Å². The second-order valence-corrected chi connectivity index (χ2v) is 5.21. The van der Waals surface area contributed by atoms with Gasteiger partial charge in [0.1, 0.15) is 0 Å². The molecule has 0 fully saturated rings. The number of methoxy groups -OCH3 is 1. The zero-order chi connectivity index (χ0) is 12.3. The third kappa shape index (κ3) is 2.58. The third-order valence-corrected chi connectivity index (χ3v) is 4.10. The first-order chi connectivity index (χ1) is 8.27. The smallest absolute Gasteiger partial charge is 0.169 e. The number of hydrogen-bond acceptors (Lipinski definition) is 3. The average molecular weight is 255 g/mol. The number of rotatable bonds is 3. The fraction of sp³-hybridized carbons (Fsp3) is 0.538. The Labute approximate surface area is 106 Å². The van der Waals surface area contributed by atoms with Crippen molar-refractivity contribution < 1.29 is 9.13 Å². The molecular formula is C13H18FNOS. The fourth-order valence-corrected chi connectivity index (χ4v) is 3.28. The predicted molar refractivity (Wildman–Crippen MR) is 70.1 cm³/mol.